The van der Waals surface area contributed by atoms with Crippen molar-refractivity contribution in [1.82, 2.24) is 14.5 Å². The van der Waals surface area contributed by atoms with Gasteiger partial charge in [-0.1, -0.05) is 48.4 Å². The second-order valence-electron chi connectivity index (χ2n) is 5.66. The van der Waals surface area contributed by atoms with E-state index in [0.717, 1.165) is 43.0 Å². The summed E-state index contributed by atoms with van der Waals surface area (Å²) < 4.78 is 1.96. The van der Waals surface area contributed by atoms with Gasteiger partial charge in [-0.05, 0) is 25.9 Å². The van der Waals surface area contributed by atoms with Crippen LogP contribution < -0.4 is 0 Å². The summed E-state index contributed by atoms with van der Waals surface area (Å²) in [5.74, 6) is 0.804. The van der Waals surface area contributed by atoms with Crippen LogP contribution in [0.2, 0.25) is 5.15 Å². The third-order valence-corrected chi connectivity index (χ3v) is 4.54. The van der Waals surface area contributed by atoms with E-state index in [-0.39, 0.29) is 6.04 Å². The molecule has 0 spiro atoms. The molecular formula is C17H19ClN4. The van der Waals surface area contributed by atoms with E-state index in [1.54, 1.807) is 0 Å². The van der Waals surface area contributed by atoms with Gasteiger partial charge in [0, 0.05) is 12.6 Å². The van der Waals surface area contributed by atoms with Crippen molar-refractivity contribution in [3.8, 4) is 17.5 Å². The highest BCUT2D eigenvalue weighted by Gasteiger charge is 2.28. The largest absolute Gasteiger partial charge is 0.327 e. The van der Waals surface area contributed by atoms with E-state index in [9.17, 15) is 5.26 Å². The number of imidazole rings is 1. The molecule has 1 fully saturated rings. The van der Waals surface area contributed by atoms with Crippen LogP contribution in [0.25, 0.3) is 11.4 Å². The summed E-state index contributed by atoms with van der Waals surface area (Å²) in [7, 11) is 1.94. The molecule has 4 nitrogen and oxygen atoms in total. The summed E-state index contributed by atoms with van der Waals surface area (Å²) in [5, 5.41) is 10.1. The molecule has 1 aromatic carbocycles. The number of nitrogens with zero attached hydrogens (tertiary/aromatic N) is 4. The molecule has 5 heteroatoms. The Kier molecular flexibility index (Phi) is 4.47. The lowest BCUT2D eigenvalue weighted by Crippen LogP contribution is -2.34. The summed E-state index contributed by atoms with van der Waals surface area (Å²) in [6, 6.07) is 12.0. The highest BCUT2D eigenvalue weighted by atomic mass is 35.5. The zero-order valence-corrected chi connectivity index (χ0v) is 13.4. The lowest BCUT2D eigenvalue weighted by molar-refractivity contribution is 0.191. The Morgan fingerprint density at radius 1 is 1.18 bits per heavy atom. The standard InChI is InChI=1S/C17H19ClN4/c1-21-15(14(12-19)22-10-6-3-7-11-22)16(18)20-17(21)13-8-4-2-5-9-13/h2,4-5,8-9,14H,3,6-7,10-11H2,1H3. The van der Waals surface area contributed by atoms with Crippen LogP contribution in [-0.4, -0.2) is 27.5 Å². The summed E-state index contributed by atoms with van der Waals surface area (Å²) in [5.41, 5.74) is 1.80. The summed E-state index contributed by atoms with van der Waals surface area (Å²) in [6.45, 7) is 1.89. The quantitative estimate of drug-likeness (QED) is 0.865. The lowest BCUT2D eigenvalue weighted by Gasteiger charge is -2.30. The van der Waals surface area contributed by atoms with Crippen LogP contribution in [0, 0.1) is 11.3 Å². The predicted octanol–water partition coefficient (Wildman–Crippen LogP) is 3.79. The first kappa shape index (κ1) is 15.1. The van der Waals surface area contributed by atoms with Gasteiger partial charge in [-0.25, -0.2) is 4.98 Å². The van der Waals surface area contributed by atoms with Crippen molar-refractivity contribution in [3.63, 3.8) is 0 Å². The second kappa shape index (κ2) is 6.51. The minimum absolute atomic E-state index is 0.331. The molecule has 1 saturated heterocycles. The number of aromatic nitrogens is 2. The van der Waals surface area contributed by atoms with Crippen molar-refractivity contribution in [3.05, 3.63) is 41.2 Å². The Bertz CT molecular complexity index is 681. The van der Waals surface area contributed by atoms with Crippen molar-refractivity contribution < 1.29 is 0 Å². The monoisotopic (exact) mass is 314 g/mol. The maximum absolute atomic E-state index is 9.67. The second-order valence-corrected chi connectivity index (χ2v) is 6.02. The number of likely N-dealkylation sites (tertiary alicyclic amines) is 1. The molecule has 1 aliphatic rings. The Morgan fingerprint density at radius 3 is 2.50 bits per heavy atom. The van der Waals surface area contributed by atoms with Crippen LogP contribution in [0.15, 0.2) is 30.3 Å². The number of halogens is 1. The number of nitriles is 1. The van der Waals surface area contributed by atoms with Gasteiger partial charge in [0.05, 0.1) is 11.8 Å². The molecule has 0 radical (unpaired) electrons. The van der Waals surface area contributed by atoms with Gasteiger partial charge in [-0.15, -0.1) is 0 Å². The number of hydrogen-bond donors (Lipinski definition) is 0. The molecule has 1 unspecified atom stereocenters. The van der Waals surface area contributed by atoms with Gasteiger partial charge in [0.25, 0.3) is 0 Å². The lowest BCUT2D eigenvalue weighted by atomic mass is 10.1. The zero-order valence-electron chi connectivity index (χ0n) is 12.7. The number of hydrogen-bond acceptors (Lipinski definition) is 3. The fourth-order valence-electron chi connectivity index (χ4n) is 3.11. The zero-order chi connectivity index (χ0) is 15.5. The van der Waals surface area contributed by atoms with E-state index in [0.29, 0.717) is 5.15 Å². The van der Waals surface area contributed by atoms with Crippen LogP contribution in [0.5, 0.6) is 0 Å². The molecule has 0 bridgehead atoms. The number of piperidine rings is 1. The minimum atomic E-state index is -0.331. The molecule has 2 heterocycles. The first-order chi connectivity index (χ1) is 10.7. The van der Waals surface area contributed by atoms with Gasteiger partial charge in [0.15, 0.2) is 5.15 Å². The molecule has 22 heavy (non-hydrogen) atoms. The Morgan fingerprint density at radius 2 is 1.86 bits per heavy atom. The van der Waals surface area contributed by atoms with Crippen LogP contribution >= 0.6 is 11.6 Å². The van der Waals surface area contributed by atoms with E-state index >= 15 is 0 Å². The number of rotatable bonds is 3. The molecule has 0 saturated carbocycles. The molecule has 1 aromatic heterocycles. The van der Waals surface area contributed by atoms with Crippen molar-refractivity contribution in [2.24, 2.45) is 7.05 Å². The average Bonchev–Trinajstić information content (AvgIpc) is 2.86. The summed E-state index contributed by atoms with van der Waals surface area (Å²) in [6.07, 6.45) is 3.52. The average molecular weight is 315 g/mol. The fraction of sp³-hybridized carbons (Fsp3) is 0.412. The molecule has 3 rings (SSSR count). The highest BCUT2D eigenvalue weighted by Crippen LogP contribution is 2.32. The van der Waals surface area contributed by atoms with Crippen LogP contribution in [0.1, 0.15) is 31.0 Å². The van der Waals surface area contributed by atoms with Crippen LogP contribution in [0.3, 0.4) is 0 Å². The Labute approximate surface area is 135 Å². The van der Waals surface area contributed by atoms with Crippen molar-refractivity contribution >= 4 is 11.6 Å². The molecule has 0 aliphatic carbocycles. The van der Waals surface area contributed by atoms with Crippen LogP contribution in [-0.2, 0) is 7.05 Å². The molecule has 0 N–H and O–H groups in total. The molecule has 2 aromatic rings. The highest BCUT2D eigenvalue weighted by molar-refractivity contribution is 6.30. The van der Waals surface area contributed by atoms with E-state index in [2.05, 4.69) is 16.0 Å². The third-order valence-electron chi connectivity index (χ3n) is 4.26. The fourth-order valence-corrected chi connectivity index (χ4v) is 3.42. The molecule has 114 valence electrons. The number of benzene rings is 1. The van der Waals surface area contributed by atoms with Gasteiger partial charge < -0.3 is 4.57 Å². The first-order valence-corrected chi connectivity index (χ1v) is 8.01. The molecular weight excluding hydrogens is 296 g/mol. The maximum Gasteiger partial charge on any atom is 0.153 e. The van der Waals surface area contributed by atoms with E-state index in [4.69, 9.17) is 11.6 Å². The van der Waals surface area contributed by atoms with Gasteiger partial charge in [0.2, 0.25) is 0 Å². The SMILES string of the molecule is Cn1c(-c2ccccc2)nc(Cl)c1C(C#N)N1CCCCC1. The third kappa shape index (κ3) is 2.75. The van der Waals surface area contributed by atoms with Crippen molar-refractivity contribution in [2.75, 3.05) is 13.1 Å². The molecule has 1 atom stereocenters. The van der Waals surface area contributed by atoms with Crippen molar-refractivity contribution in [1.29, 1.82) is 5.26 Å². The van der Waals surface area contributed by atoms with E-state index in [1.165, 1.54) is 6.42 Å². The Balaban J connectivity index is 2.00. The van der Waals surface area contributed by atoms with Gasteiger partial charge in [-0.3, -0.25) is 4.90 Å². The molecule has 0 amide bonds. The maximum atomic E-state index is 9.67. The van der Waals surface area contributed by atoms with E-state index in [1.807, 2.05) is 41.9 Å². The van der Waals surface area contributed by atoms with Crippen molar-refractivity contribution in [2.45, 2.75) is 25.3 Å². The Hall–Kier alpha value is -1.83. The summed E-state index contributed by atoms with van der Waals surface area (Å²) >= 11 is 6.38. The van der Waals surface area contributed by atoms with E-state index < -0.39 is 0 Å². The minimum Gasteiger partial charge on any atom is -0.327 e. The normalized spacial score (nSPS) is 17.1. The summed E-state index contributed by atoms with van der Waals surface area (Å²) in [4.78, 5) is 6.70. The van der Waals surface area contributed by atoms with Crippen LogP contribution in [0.4, 0.5) is 0 Å². The van der Waals surface area contributed by atoms with Gasteiger partial charge in [-0.2, -0.15) is 5.26 Å². The van der Waals surface area contributed by atoms with Gasteiger partial charge >= 0.3 is 0 Å². The topological polar surface area (TPSA) is 44.9 Å². The molecule has 1 aliphatic heterocycles. The predicted molar refractivity (Wildman–Crippen MR) is 87.4 cm³/mol. The first-order valence-electron chi connectivity index (χ1n) is 7.63. The van der Waals surface area contributed by atoms with Gasteiger partial charge in [0.1, 0.15) is 11.9 Å². The smallest absolute Gasteiger partial charge is 0.153 e.